The van der Waals surface area contributed by atoms with Crippen molar-refractivity contribution in [1.82, 2.24) is 9.80 Å². The molecule has 1 aromatic carbocycles. The molecule has 2 aliphatic rings. The van der Waals surface area contributed by atoms with Gasteiger partial charge >= 0.3 is 18.2 Å². The summed E-state index contributed by atoms with van der Waals surface area (Å²) in [4.78, 5) is 42.2. The zero-order valence-corrected chi connectivity index (χ0v) is 28.0. The van der Waals surface area contributed by atoms with E-state index in [1.807, 2.05) is 24.3 Å². The van der Waals surface area contributed by atoms with E-state index in [0.29, 0.717) is 5.57 Å². The number of nitrogens with zero attached hydrogens (tertiary/aromatic N) is 2. The van der Waals surface area contributed by atoms with Gasteiger partial charge < -0.3 is 23.9 Å². The Morgan fingerprint density at radius 1 is 0.829 bits per heavy atom. The number of carbonyl (C=O) groups is 3. The first-order valence-corrected chi connectivity index (χ1v) is 15.6. The predicted octanol–water partition coefficient (Wildman–Crippen LogP) is 5.71. The molecule has 2 amide bonds. The van der Waals surface area contributed by atoms with Crippen LogP contribution in [0.15, 0.2) is 29.8 Å². The second-order valence-corrected chi connectivity index (χ2v) is 17.5. The Labute approximate surface area is 247 Å². The van der Waals surface area contributed by atoms with Crippen molar-refractivity contribution in [2.75, 3.05) is 13.1 Å². The van der Waals surface area contributed by atoms with Crippen LogP contribution in [0.2, 0.25) is 5.04 Å². The number of hydrogen-bond acceptors (Lipinski definition) is 6. The fourth-order valence-corrected chi connectivity index (χ4v) is 6.03. The fraction of sp³-hybridized carbons (Fsp3) is 0.645. The molecular weight excluding hydrogens is 540 g/mol. The summed E-state index contributed by atoms with van der Waals surface area (Å²) >= 11 is 0. The van der Waals surface area contributed by atoms with Crippen molar-refractivity contribution in [3.05, 3.63) is 41.0 Å². The number of hydrogen-bond donors (Lipinski definition) is 1. The summed E-state index contributed by atoms with van der Waals surface area (Å²) in [6.07, 6.45) is -0.867. The average molecular weight is 589 g/mol. The van der Waals surface area contributed by atoms with Gasteiger partial charge in [0, 0.05) is 13.1 Å². The third-order valence-corrected chi connectivity index (χ3v) is 8.66. The Balaban J connectivity index is 2.02. The maximum absolute atomic E-state index is 13.4. The Kier molecular flexibility index (Phi) is 9.11. The molecule has 2 atom stereocenters. The molecule has 2 unspecified atom stereocenters. The minimum Gasteiger partial charge on any atom is -0.478 e. The van der Waals surface area contributed by atoms with E-state index in [0.717, 1.165) is 11.1 Å². The molecule has 9 nitrogen and oxygen atoms in total. The van der Waals surface area contributed by atoms with E-state index in [9.17, 15) is 19.5 Å². The van der Waals surface area contributed by atoms with Crippen LogP contribution in [-0.4, -0.2) is 79.2 Å². The van der Waals surface area contributed by atoms with Crippen molar-refractivity contribution < 1.29 is 33.4 Å². The third kappa shape index (κ3) is 8.35. The standard InChI is InChI=1S/C31H48N2O7Si/c1-28(2,3)38-26(36)32-17-21-16-22(19-12-14-20(15-13-19)31(10,11)40-41-30(7,8)9)24(25(34)35)23(18-32)33(21)27(37)39-29(4,5)6/h12-15,21,23H,16-18,41H2,1-11H3,(H,34,35). The fourth-order valence-electron chi connectivity index (χ4n) is 5.07. The summed E-state index contributed by atoms with van der Waals surface area (Å²) in [5.74, 6) is -1.13. The zero-order chi connectivity index (χ0) is 31.1. The van der Waals surface area contributed by atoms with Gasteiger partial charge in [-0.2, -0.15) is 0 Å². The van der Waals surface area contributed by atoms with Gasteiger partial charge in [0.15, 0.2) is 9.76 Å². The van der Waals surface area contributed by atoms with Crippen LogP contribution in [0.3, 0.4) is 0 Å². The van der Waals surface area contributed by atoms with E-state index < -0.39 is 56.8 Å². The first-order chi connectivity index (χ1) is 18.6. The van der Waals surface area contributed by atoms with Crippen LogP contribution in [0.25, 0.3) is 5.57 Å². The van der Waals surface area contributed by atoms with Crippen molar-refractivity contribution in [3.8, 4) is 0 Å². The molecule has 41 heavy (non-hydrogen) atoms. The molecule has 0 spiro atoms. The number of ether oxygens (including phenoxy) is 2. The Morgan fingerprint density at radius 2 is 1.37 bits per heavy atom. The molecule has 1 saturated heterocycles. The molecule has 3 rings (SSSR count). The Bertz CT molecular complexity index is 1190. The van der Waals surface area contributed by atoms with Crippen LogP contribution < -0.4 is 0 Å². The van der Waals surface area contributed by atoms with E-state index in [2.05, 4.69) is 34.6 Å². The van der Waals surface area contributed by atoms with E-state index in [1.54, 1.807) is 41.5 Å². The quantitative estimate of drug-likeness (QED) is 0.440. The molecule has 2 heterocycles. The van der Waals surface area contributed by atoms with Crippen LogP contribution in [0.4, 0.5) is 9.59 Å². The molecule has 2 bridgehead atoms. The average Bonchev–Trinajstić information content (AvgIpc) is 2.79. The zero-order valence-electron chi connectivity index (χ0n) is 26.6. The van der Waals surface area contributed by atoms with Gasteiger partial charge in [0.25, 0.3) is 0 Å². The molecule has 0 aliphatic carbocycles. The van der Waals surface area contributed by atoms with Crippen molar-refractivity contribution in [1.29, 1.82) is 0 Å². The van der Waals surface area contributed by atoms with Gasteiger partial charge in [0.2, 0.25) is 0 Å². The maximum Gasteiger partial charge on any atom is 0.411 e. The topological polar surface area (TPSA) is 106 Å². The van der Waals surface area contributed by atoms with Gasteiger partial charge in [-0.05, 0) is 83.5 Å². The van der Waals surface area contributed by atoms with Crippen molar-refractivity contribution in [2.24, 2.45) is 0 Å². The SMILES string of the molecule is CC(C)(C)OC(=O)N1CC2CC(c3ccc(C(C)(C)O[SiH2]C(C)(C)C)cc3)=C(C(=O)O)C(C1)N2C(=O)OC(C)(C)C. The highest BCUT2D eigenvalue weighted by Gasteiger charge is 2.49. The molecular formula is C31H48N2O7Si. The summed E-state index contributed by atoms with van der Waals surface area (Å²) in [5, 5.41) is 10.6. The highest BCUT2D eigenvalue weighted by Crippen LogP contribution is 2.40. The number of carbonyl (C=O) groups excluding carboxylic acids is 2. The maximum atomic E-state index is 13.4. The van der Waals surface area contributed by atoms with Crippen LogP contribution in [0, 0.1) is 0 Å². The molecule has 1 fully saturated rings. The third-order valence-electron chi connectivity index (χ3n) is 6.93. The van der Waals surface area contributed by atoms with Gasteiger partial charge in [-0.15, -0.1) is 0 Å². The highest BCUT2D eigenvalue weighted by atomic mass is 28.2. The molecule has 228 valence electrons. The predicted molar refractivity (Wildman–Crippen MR) is 161 cm³/mol. The van der Waals surface area contributed by atoms with E-state index in [4.69, 9.17) is 13.9 Å². The number of amides is 2. The number of piperazine rings is 1. The van der Waals surface area contributed by atoms with E-state index in [-0.39, 0.29) is 30.1 Å². The first-order valence-electron chi connectivity index (χ1n) is 14.3. The molecule has 10 heteroatoms. The smallest absolute Gasteiger partial charge is 0.411 e. The first kappa shape index (κ1) is 32.7. The lowest BCUT2D eigenvalue weighted by Crippen LogP contribution is -2.65. The number of fused-ring (bicyclic) bond motifs is 2. The lowest BCUT2D eigenvalue weighted by molar-refractivity contribution is -0.134. The summed E-state index contributed by atoms with van der Waals surface area (Å²) in [6, 6.07) is 6.47. The summed E-state index contributed by atoms with van der Waals surface area (Å²) < 4.78 is 17.6. The van der Waals surface area contributed by atoms with Gasteiger partial charge in [0.1, 0.15) is 11.2 Å². The van der Waals surface area contributed by atoms with Crippen molar-refractivity contribution in [2.45, 2.75) is 117 Å². The Hall–Kier alpha value is -2.85. The van der Waals surface area contributed by atoms with Gasteiger partial charge in [-0.25, -0.2) is 14.4 Å². The van der Waals surface area contributed by atoms with Crippen LogP contribution in [0.1, 0.15) is 93.7 Å². The summed E-state index contributed by atoms with van der Waals surface area (Å²) in [5.41, 5.74) is 0.600. The highest BCUT2D eigenvalue weighted by molar-refractivity contribution is 6.31. The van der Waals surface area contributed by atoms with E-state index >= 15 is 0 Å². The van der Waals surface area contributed by atoms with Crippen molar-refractivity contribution >= 4 is 33.5 Å². The number of benzene rings is 1. The number of aliphatic carboxylic acids is 1. The van der Waals surface area contributed by atoms with Crippen LogP contribution >= 0.6 is 0 Å². The minimum atomic E-state index is -1.13. The molecule has 0 aromatic heterocycles. The monoisotopic (exact) mass is 588 g/mol. The largest absolute Gasteiger partial charge is 0.478 e. The molecule has 0 radical (unpaired) electrons. The molecule has 1 aromatic rings. The van der Waals surface area contributed by atoms with Gasteiger partial charge in [-0.1, -0.05) is 45.0 Å². The number of rotatable bonds is 5. The number of carboxylic acids is 1. The lowest BCUT2D eigenvalue weighted by atomic mass is 9.81. The van der Waals surface area contributed by atoms with Gasteiger partial charge in [-0.3, -0.25) is 4.90 Å². The molecule has 1 N–H and O–H groups in total. The summed E-state index contributed by atoms with van der Waals surface area (Å²) in [7, 11) is -0.784. The van der Waals surface area contributed by atoms with Gasteiger partial charge in [0.05, 0.1) is 23.3 Å². The van der Waals surface area contributed by atoms with Crippen molar-refractivity contribution in [3.63, 3.8) is 0 Å². The second kappa shape index (κ2) is 11.4. The van der Waals surface area contributed by atoms with E-state index in [1.165, 1.54) is 9.80 Å². The lowest BCUT2D eigenvalue weighted by Gasteiger charge is -2.50. The van der Waals surface area contributed by atoms with Crippen LogP contribution in [-0.2, 0) is 24.3 Å². The normalized spacial score (nSPS) is 20.5. The number of carboxylic acid groups (broad SMARTS) is 1. The second-order valence-electron chi connectivity index (χ2n) is 14.8. The molecule has 2 aliphatic heterocycles. The molecule has 0 saturated carbocycles. The summed E-state index contributed by atoms with van der Waals surface area (Å²) in [6.45, 7) is 21.5. The Morgan fingerprint density at radius 3 is 1.85 bits per heavy atom. The minimum absolute atomic E-state index is 0.00776. The van der Waals surface area contributed by atoms with Crippen LogP contribution in [0.5, 0.6) is 0 Å².